The maximum atomic E-state index is 12.4. The Labute approximate surface area is 163 Å². The first-order valence-corrected chi connectivity index (χ1v) is 14.1. The van der Waals surface area contributed by atoms with E-state index in [2.05, 4.69) is 46.9 Å². The third-order valence-corrected chi connectivity index (χ3v) is 8.14. The first kappa shape index (κ1) is 19.6. The van der Waals surface area contributed by atoms with Gasteiger partial charge in [0.25, 0.3) is 0 Å². The second kappa shape index (κ2) is 8.24. The minimum Gasteiger partial charge on any atom is -0.450 e. The van der Waals surface area contributed by atoms with Crippen LogP contribution >= 0.6 is 23.1 Å². The summed E-state index contributed by atoms with van der Waals surface area (Å²) in [5.74, 6) is 1.56. The molecule has 2 aromatic rings. The number of amides is 1. The third kappa shape index (κ3) is 5.18. The topological polar surface area (TPSA) is 71.3 Å². The van der Waals surface area contributed by atoms with Gasteiger partial charge < -0.3 is 14.6 Å². The molecule has 9 heteroatoms. The van der Waals surface area contributed by atoms with E-state index in [1.54, 1.807) is 18.0 Å². The standard InChI is InChI=1S/C17H26N4O2S2Si/c1-21-7-5-6-12(10-21)16(22)20-17-19-9-15(25-17)24-11-13-18-8-14(23-13)26(2,3)4/h8-9,12H,5-7,10-11H2,1-4H3,(H,19,20,22). The molecule has 0 aromatic carbocycles. The van der Waals surface area contributed by atoms with Crippen molar-refractivity contribution >= 4 is 47.6 Å². The highest BCUT2D eigenvalue weighted by Gasteiger charge is 2.25. The van der Waals surface area contributed by atoms with E-state index in [1.165, 1.54) is 11.3 Å². The molecule has 1 aliphatic heterocycles. The lowest BCUT2D eigenvalue weighted by atomic mass is 9.98. The average molecular weight is 411 g/mol. The summed E-state index contributed by atoms with van der Waals surface area (Å²) in [7, 11) is 0.608. The Morgan fingerprint density at radius 1 is 1.42 bits per heavy atom. The number of thioether (sulfide) groups is 1. The van der Waals surface area contributed by atoms with Crippen molar-refractivity contribution in [3.05, 3.63) is 18.3 Å². The lowest BCUT2D eigenvalue weighted by molar-refractivity contribution is -0.121. The van der Waals surface area contributed by atoms with E-state index in [0.29, 0.717) is 10.9 Å². The fourth-order valence-electron chi connectivity index (χ4n) is 2.83. The minimum atomic E-state index is -1.46. The summed E-state index contributed by atoms with van der Waals surface area (Å²) in [4.78, 5) is 23.3. The lowest BCUT2D eigenvalue weighted by Crippen LogP contribution is -2.38. The molecule has 2 aromatic heterocycles. The van der Waals surface area contributed by atoms with Crippen molar-refractivity contribution in [1.82, 2.24) is 14.9 Å². The Bertz CT molecular complexity index is 756. The number of piperidine rings is 1. The van der Waals surface area contributed by atoms with E-state index >= 15 is 0 Å². The van der Waals surface area contributed by atoms with Crippen LogP contribution in [0.4, 0.5) is 5.13 Å². The number of nitrogens with one attached hydrogen (secondary N) is 1. The molecule has 142 valence electrons. The first-order chi connectivity index (χ1) is 12.3. The Balaban J connectivity index is 1.51. The molecule has 0 spiro atoms. The number of rotatable bonds is 6. The Hall–Kier alpha value is -1.16. The fourth-order valence-corrected chi connectivity index (χ4v) is 5.43. The normalized spacial score (nSPS) is 18.8. The zero-order valence-corrected chi connectivity index (χ0v) is 18.4. The molecule has 1 N–H and O–H groups in total. The van der Waals surface area contributed by atoms with Gasteiger partial charge in [0.15, 0.2) is 5.13 Å². The van der Waals surface area contributed by atoms with Gasteiger partial charge in [0.05, 0.1) is 28.3 Å². The zero-order valence-electron chi connectivity index (χ0n) is 15.7. The van der Waals surface area contributed by atoms with Crippen LogP contribution in [0, 0.1) is 5.92 Å². The molecule has 26 heavy (non-hydrogen) atoms. The Morgan fingerprint density at radius 2 is 2.23 bits per heavy atom. The summed E-state index contributed by atoms with van der Waals surface area (Å²) in [6, 6.07) is 0. The highest BCUT2D eigenvalue weighted by molar-refractivity contribution is 8.00. The Kier molecular flexibility index (Phi) is 6.21. The number of likely N-dealkylation sites (tertiary alicyclic amines) is 1. The molecule has 0 aliphatic carbocycles. The van der Waals surface area contributed by atoms with Crippen LogP contribution in [0.2, 0.25) is 19.6 Å². The summed E-state index contributed by atoms with van der Waals surface area (Å²) < 4.78 is 6.92. The zero-order chi connectivity index (χ0) is 18.7. The number of hydrogen-bond acceptors (Lipinski definition) is 7. The molecule has 1 saturated heterocycles. The molecule has 3 rings (SSSR count). The minimum absolute atomic E-state index is 0.0565. The van der Waals surface area contributed by atoms with Gasteiger partial charge in [0, 0.05) is 6.54 Å². The van der Waals surface area contributed by atoms with Crippen molar-refractivity contribution in [3.63, 3.8) is 0 Å². The summed E-state index contributed by atoms with van der Waals surface area (Å²) in [5, 5.41) is 4.67. The number of hydrogen-bond donors (Lipinski definition) is 1. The van der Waals surface area contributed by atoms with Crippen LogP contribution in [0.15, 0.2) is 21.0 Å². The van der Waals surface area contributed by atoms with Gasteiger partial charge in [-0.2, -0.15) is 0 Å². The van der Waals surface area contributed by atoms with Crippen molar-refractivity contribution < 1.29 is 9.21 Å². The smallest absolute Gasteiger partial charge is 0.230 e. The quantitative estimate of drug-likeness (QED) is 0.582. The van der Waals surface area contributed by atoms with Crippen LogP contribution in [-0.4, -0.2) is 49.0 Å². The molecule has 1 aliphatic rings. The second-order valence-electron chi connectivity index (χ2n) is 7.73. The van der Waals surface area contributed by atoms with Crippen molar-refractivity contribution in [2.24, 2.45) is 5.92 Å². The van der Waals surface area contributed by atoms with E-state index < -0.39 is 8.07 Å². The summed E-state index contributed by atoms with van der Waals surface area (Å²) in [6.45, 7) is 8.62. The molecule has 1 unspecified atom stereocenters. The van der Waals surface area contributed by atoms with E-state index in [4.69, 9.17) is 4.42 Å². The number of oxazole rings is 1. The molecule has 0 saturated carbocycles. The van der Waals surface area contributed by atoms with Crippen molar-refractivity contribution in [1.29, 1.82) is 0 Å². The highest BCUT2D eigenvalue weighted by Crippen LogP contribution is 2.31. The van der Waals surface area contributed by atoms with Crippen LogP contribution in [0.3, 0.4) is 0 Å². The molecular formula is C17H26N4O2S2Si. The Morgan fingerprint density at radius 3 is 2.92 bits per heavy atom. The van der Waals surface area contributed by atoms with Gasteiger partial charge in [0.2, 0.25) is 11.8 Å². The lowest BCUT2D eigenvalue weighted by Gasteiger charge is -2.28. The van der Waals surface area contributed by atoms with E-state index in [9.17, 15) is 4.79 Å². The summed E-state index contributed by atoms with van der Waals surface area (Å²) >= 11 is 3.14. The van der Waals surface area contributed by atoms with E-state index in [1.807, 2.05) is 6.20 Å². The number of anilines is 1. The fraction of sp³-hybridized carbons (Fsp3) is 0.588. The number of carbonyl (C=O) groups is 1. The average Bonchev–Trinajstić information content (AvgIpc) is 3.21. The molecule has 1 fully saturated rings. The molecule has 3 heterocycles. The molecule has 1 amide bonds. The van der Waals surface area contributed by atoms with Gasteiger partial charge in [-0.3, -0.25) is 4.79 Å². The van der Waals surface area contributed by atoms with Gasteiger partial charge in [0.1, 0.15) is 13.5 Å². The highest BCUT2D eigenvalue weighted by atomic mass is 32.2. The summed E-state index contributed by atoms with van der Waals surface area (Å²) in [6.07, 6.45) is 5.69. The molecule has 6 nitrogen and oxygen atoms in total. The van der Waals surface area contributed by atoms with E-state index in [0.717, 1.165) is 41.4 Å². The van der Waals surface area contributed by atoms with E-state index in [-0.39, 0.29) is 11.8 Å². The van der Waals surface area contributed by atoms with Crippen molar-refractivity contribution in [3.8, 4) is 0 Å². The second-order valence-corrected chi connectivity index (χ2v) is 15.0. The third-order valence-electron chi connectivity index (χ3n) is 4.34. The van der Waals surface area contributed by atoms with Crippen LogP contribution in [-0.2, 0) is 10.5 Å². The maximum absolute atomic E-state index is 12.4. The molecule has 0 bridgehead atoms. The van der Waals surface area contributed by atoms with Gasteiger partial charge in [-0.15, -0.1) is 11.8 Å². The number of nitrogens with zero attached hydrogens (tertiary/aromatic N) is 3. The largest absolute Gasteiger partial charge is 0.450 e. The van der Waals surface area contributed by atoms with Gasteiger partial charge in [-0.25, -0.2) is 9.97 Å². The molecule has 1 atom stereocenters. The molecular weight excluding hydrogens is 384 g/mol. The van der Waals surface area contributed by atoms with Crippen molar-refractivity contribution in [2.75, 3.05) is 25.5 Å². The summed E-state index contributed by atoms with van der Waals surface area (Å²) in [5.41, 5.74) is 0. The van der Waals surface area contributed by atoms with Crippen LogP contribution in [0.1, 0.15) is 18.7 Å². The predicted molar refractivity (Wildman–Crippen MR) is 110 cm³/mol. The van der Waals surface area contributed by atoms with Gasteiger partial charge in [-0.05, 0) is 26.4 Å². The van der Waals surface area contributed by atoms with Crippen LogP contribution in [0.5, 0.6) is 0 Å². The van der Waals surface area contributed by atoms with Gasteiger partial charge >= 0.3 is 0 Å². The number of thiazole rings is 1. The van der Waals surface area contributed by atoms with Gasteiger partial charge in [-0.1, -0.05) is 31.0 Å². The molecule has 0 radical (unpaired) electrons. The first-order valence-electron chi connectivity index (χ1n) is 8.84. The van der Waals surface area contributed by atoms with Crippen LogP contribution in [0.25, 0.3) is 0 Å². The SMILES string of the molecule is CN1CCCC(C(=O)Nc2ncc(SCc3ncc([Si](C)(C)C)o3)s2)C1. The monoisotopic (exact) mass is 410 g/mol. The predicted octanol–water partition coefficient (Wildman–Crippen LogP) is 3.25. The number of aromatic nitrogens is 2. The van der Waals surface area contributed by atoms with Crippen LogP contribution < -0.4 is 10.7 Å². The number of carbonyl (C=O) groups excluding carboxylic acids is 1. The van der Waals surface area contributed by atoms with Crippen molar-refractivity contribution in [2.45, 2.75) is 42.4 Å². The maximum Gasteiger partial charge on any atom is 0.230 e.